The minimum atomic E-state index is -0.216. The van der Waals surface area contributed by atoms with Gasteiger partial charge >= 0.3 is 6.03 Å². The number of hydrogen-bond donors (Lipinski definition) is 3. The molecule has 27 heavy (non-hydrogen) atoms. The van der Waals surface area contributed by atoms with E-state index >= 15 is 0 Å². The molecule has 0 spiro atoms. The number of carbonyl (C=O) groups is 2. The van der Waals surface area contributed by atoms with Crippen LogP contribution in [0.15, 0.2) is 42.6 Å². The van der Waals surface area contributed by atoms with Crippen LogP contribution >= 0.6 is 0 Å². The molecule has 0 bridgehead atoms. The molecular weight excluding hydrogens is 344 g/mol. The minimum absolute atomic E-state index is 0.0697. The van der Waals surface area contributed by atoms with Crippen molar-refractivity contribution in [2.45, 2.75) is 45.4 Å². The van der Waals surface area contributed by atoms with Gasteiger partial charge in [0.1, 0.15) is 0 Å². The Kier molecular flexibility index (Phi) is 5.90. The number of benzene rings is 1. The van der Waals surface area contributed by atoms with Gasteiger partial charge in [-0.15, -0.1) is 0 Å². The molecule has 0 radical (unpaired) electrons. The van der Waals surface area contributed by atoms with Crippen molar-refractivity contribution < 1.29 is 14.3 Å². The third-order valence-corrected chi connectivity index (χ3v) is 3.92. The van der Waals surface area contributed by atoms with Gasteiger partial charge in [-0.25, -0.2) is 9.78 Å². The summed E-state index contributed by atoms with van der Waals surface area (Å²) in [4.78, 5) is 28.2. The zero-order valence-electron chi connectivity index (χ0n) is 15.5. The van der Waals surface area contributed by atoms with Gasteiger partial charge in [-0.1, -0.05) is 6.07 Å². The van der Waals surface area contributed by atoms with Gasteiger partial charge in [0.05, 0.1) is 6.10 Å². The van der Waals surface area contributed by atoms with Gasteiger partial charge in [0, 0.05) is 36.1 Å². The Bertz CT molecular complexity index is 784. The molecule has 0 aliphatic heterocycles. The van der Waals surface area contributed by atoms with Gasteiger partial charge in [0.2, 0.25) is 5.88 Å². The first-order valence-corrected chi connectivity index (χ1v) is 9.07. The lowest BCUT2D eigenvalue weighted by Crippen LogP contribution is -2.30. The van der Waals surface area contributed by atoms with Gasteiger partial charge in [-0.2, -0.15) is 0 Å². The van der Waals surface area contributed by atoms with Crippen LogP contribution in [0.2, 0.25) is 0 Å². The van der Waals surface area contributed by atoms with Crippen LogP contribution in [0, 0.1) is 0 Å². The Labute approximate surface area is 158 Å². The summed E-state index contributed by atoms with van der Waals surface area (Å²) in [7, 11) is 0. The van der Waals surface area contributed by atoms with E-state index in [-0.39, 0.29) is 18.0 Å². The third-order valence-electron chi connectivity index (χ3n) is 3.92. The Morgan fingerprint density at radius 1 is 1.15 bits per heavy atom. The van der Waals surface area contributed by atoms with Crippen molar-refractivity contribution in [1.82, 2.24) is 15.6 Å². The maximum Gasteiger partial charge on any atom is 0.319 e. The highest BCUT2D eigenvalue weighted by Crippen LogP contribution is 2.19. The molecule has 3 rings (SSSR count). The second-order valence-corrected chi connectivity index (χ2v) is 6.80. The number of pyridine rings is 1. The van der Waals surface area contributed by atoms with Gasteiger partial charge in [0.25, 0.3) is 5.91 Å². The summed E-state index contributed by atoms with van der Waals surface area (Å²) >= 11 is 0. The molecule has 0 saturated heterocycles. The first-order chi connectivity index (χ1) is 13.0. The molecule has 1 heterocycles. The number of hydrogen-bond acceptors (Lipinski definition) is 4. The highest BCUT2D eigenvalue weighted by Gasteiger charge is 2.23. The van der Waals surface area contributed by atoms with Gasteiger partial charge < -0.3 is 20.7 Å². The molecule has 142 valence electrons. The summed E-state index contributed by atoms with van der Waals surface area (Å²) in [6.07, 6.45) is 3.83. The molecule has 3 amide bonds. The van der Waals surface area contributed by atoms with E-state index in [1.54, 1.807) is 36.5 Å². The molecule has 1 aromatic heterocycles. The van der Waals surface area contributed by atoms with Crippen LogP contribution in [-0.4, -0.2) is 29.1 Å². The van der Waals surface area contributed by atoms with E-state index in [2.05, 4.69) is 20.9 Å². The fourth-order valence-corrected chi connectivity index (χ4v) is 2.40. The quantitative estimate of drug-likeness (QED) is 0.700. The number of nitrogens with one attached hydrogen (secondary N) is 3. The predicted molar refractivity (Wildman–Crippen MR) is 103 cm³/mol. The first kappa shape index (κ1) is 18.7. The third kappa shape index (κ3) is 5.99. The number of carbonyl (C=O) groups excluding carboxylic acids is 2. The second kappa shape index (κ2) is 8.53. The van der Waals surface area contributed by atoms with E-state index in [0.29, 0.717) is 29.7 Å². The van der Waals surface area contributed by atoms with E-state index < -0.39 is 0 Å². The lowest BCUT2D eigenvalue weighted by atomic mass is 10.2. The van der Waals surface area contributed by atoms with Crippen LogP contribution in [0.25, 0.3) is 0 Å². The van der Waals surface area contributed by atoms with Crippen LogP contribution in [0.4, 0.5) is 10.5 Å². The highest BCUT2D eigenvalue weighted by atomic mass is 16.5. The zero-order valence-corrected chi connectivity index (χ0v) is 15.5. The summed E-state index contributed by atoms with van der Waals surface area (Å²) < 4.78 is 5.49. The van der Waals surface area contributed by atoms with E-state index in [1.165, 1.54) is 0 Å². The number of urea groups is 1. The molecule has 7 nitrogen and oxygen atoms in total. The lowest BCUT2D eigenvalue weighted by molar-refractivity contribution is 0.0951. The van der Waals surface area contributed by atoms with E-state index in [4.69, 9.17) is 4.74 Å². The standard InChI is InChI=1S/C20H24N4O3/c1-13(2)27-18-10-3-14(11-21-18)12-22-19(25)15-4-6-16(7-5-15)23-20(26)24-17-8-9-17/h3-7,10-11,13,17H,8-9,12H2,1-2H3,(H,22,25)(H2,23,24,26). The van der Waals surface area contributed by atoms with Crippen LogP contribution < -0.4 is 20.7 Å². The molecule has 1 aromatic carbocycles. The van der Waals surface area contributed by atoms with Crippen molar-refractivity contribution >= 4 is 17.6 Å². The normalized spacial score (nSPS) is 13.1. The average Bonchev–Trinajstić information content (AvgIpc) is 3.45. The first-order valence-electron chi connectivity index (χ1n) is 9.07. The Morgan fingerprint density at radius 3 is 2.48 bits per heavy atom. The van der Waals surface area contributed by atoms with Crippen molar-refractivity contribution in [3.05, 3.63) is 53.7 Å². The summed E-state index contributed by atoms with van der Waals surface area (Å²) in [5.74, 6) is 0.375. The average molecular weight is 368 g/mol. The van der Waals surface area contributed by atoms with Crippen molar-refractivity contribution in [2.24, 2.45) is 0 Å². The number of anilines is 1. The lowest BCUT2D eigenvalue weighted by Gasteiger charge is -2.10. The van der Waals surface area contributed by atoms with E-state index in [0.717, 1.165) is 18.4 Å². The van der Waals surface area contributed by atoms with Crippen LogP contribution in [0.3, 0.4) is 0 Å². The topological polar surface area (TPSA) is 92.4 Å². The zero-order chi connectivity index (χ0) is 19.2. The molecule has 1 aliphatic rings. The molecule has 1 saturated carbocycles. The molecule has 0 unspecified atom stereocenters. The Hall–Kier alpha value is -3.09. The number of nitrogens with zero attached hydrogens (tertiary/aromatic N) is 1. The number of aromatic nitrogens is 1. The van der Waals surface area contributed by atoms with E-state index in [9.17, 15) is 9.59 Å². The van der Waals surface area contributed by atoms with Crippen molar-refractivity contribution in [1.29, 1.82) is 0 Å². The predicted octanol–water partition coefficient (Wildman–Crippen LogP) is 3.08. The minimum Gasteiger partial charge on any atom is -0.475 e. The largest absolute Gasteiger partial charge is 0.475 e. The summed E-state index contributed by atoms with van der Waals surface area (Å²) in [6, 6.07) is 10.5. The summed E-state index contributed by atoms with van der Waals surface area (Å²) in [5, 5.41) is 8.45. The maximum absolute atomic E-state index is 12.3. The fourth-order valence-electron chi connectivity index (χ4n) is 2.40. The maximum atomic E-state index is 12.3. The van der Waals surface area contributed by atoms with Crippen LogP contribution in [-0.2, 0) is 6.54 Å². The van der Waals surface area contributed by atoms with Crippen LogP contribution in [0.1, 0.15) is 42.6 Å². The molecule has 1 fully saturated rings. The monoisotopic (exact) mass is 368 g/mol. The van der Waals surface area contributed by atoms with Crippen molar-refractivity contribution in [3.8, 4) is 5.88 Å². The van der Waals surface area contributed by atoms with Crippen LogP contribution in [0.5, 0.6) is 5.88 Å². The number of rotatable bonds is 7. The summed E-state index contributed by atoms with van der Waals surface area (Å²) in [5.41, 5.74) is 2.06. The SMILES string of the molecule is CC(C)Oc1ccc(CNC(=O)c2ccc(NC(=O)NC3CC3)cc2)cn1. The second-order valence-electron chi connectivity index (χ2n) is 6.80. The fraction of sp³-hybridized carbons (Fsp3) is 0.350. The van der Waals surface area contributed by atoms with Crippen molar-refractivity contribution in [3.63, 3.8) is 0 Å². The van der Waals surface area contributed by atoms with E-state index in [1.807, 2.05) is 19.9 Å². The number of ether oxygens (including phenoxy) is 1. The van der Waals surface area contributed by atoms with Gasteiger partial charge in [0.15, 0.2) is 0 Å². The van der Waals surface area contributed by atoms with Gasteiger partial charge in [-0.05, 0) is 56.5 Å². The Morgan fingerprint density at radius 2 is 1.89 bits per heavy atom. The molecule has 3 N–H and O–H groups in total. The molecule has 1 aliphatic carbocycles. The molecule has 0 atom stereocenters. The van der Waals surface area contributed by atoms with Crippen molar-refractivity contribution in [2.75, 3.05) is 5.32 Å². The summed E-state index contributed by atoms with van der Waals surface area (Å²) in [6.45, 7) is 4.25. The molecular formula is C20H24N4O3. The molecule has 7 heteroatoms. The highest BCUT2D eigenvalue weighted by molar-refractivity contribution is 5.95. The Balaban J connectivity index is 1.48. The smallest absolute Gasteiger partial charge is 0.319 e. The molecule has 2 aromatic rings. The van der Waals surface area contributed by atoms with Gasteiger partial charge in [-0.3, -0.25) is 4.79 Å². The number of amides is 3.